The average Bonchev–Trinajstić information content (AvgIpc) is 2.83. The summed E-state index contributed by atoms with van der Waals surface area (Å²) in [4.78, 5) is 8.93. The third kappa shape index (κ3) is 7.07. The van der Waals surface area contributed by atoms with Crippen LogP contribution in [0.3, 0.4) is 0 Å². The summed E-state index contributed by atoms with van der Waals surface area (Å²) in [5.74, 6) is 2.41. The van der Waals surface area contributed by atoms with Crippen LogP contribution in [-0.4, -0.2) is 15.5 Å². The number of benzene rings is 3. The molecule has 0 saturated heterocycles. The number of nitrogens with zero attached hydrogens (tertiary/aromatic N) is 2. The van der Waals surface area contributed by atoms with E-state index in [1.54, 1.807) is 18.3 Å². The Morgan fingerprint density at radius 3 is 2.41 bits per heavy atom. The summed E-state index contributed by atoms with van der Waals surface area (Å²) < 4.78 is 9.58. The smallest absolute Gasteiger partial charge is 0.134 e. The van der Waals surface area contributed by atoms with Crippen molar-refractivity contribution < 1.29 is 4.74 Å². The van der Waals surface area contributed by atoms with Crippen molar-refractivity contribution in [3.63, 3.8) is 0 Å². The molecule has 0 fully saturated rings. The lowest BCUT2D eigenvalue weighted by molar-refractivity contribution is 0.307. The predicted molar refractivity (Wildman–Crippen MR) is 142 cm³/mol. The molecule has 0 amide bonds. The van der Waals surface area contributed by atoms with Crippen LogP contribution in [0.25, 0.3) is 11.3 Å². The van der Waals surface area contributed by atoms with Crippen LogP contribution < -0.4 is 14.8 Å². The van der Waals surface area contributed by atoms with Gasteiger partial charge in [0.2, 0.25) is 0 Å². The lowest BCUT2D eigenvalue weighted by Crippen LogP contribution is -2.29. The second kappa shape index (κ2) is 11.2. The van der Waals surface area contributed by atoms with Crippen LogP contribution in [0.2, 0.25) is 0 Å². The molecule has 1 heterocycles. The van der Waals surface area contributed by atoms with Gasteiger partial charge < -0.3 is 10.1 Å². The van der Waals surface area contributed by atoms with Crippen molar-refractivity contribution in [2.24, 2.45) is 0 Å². The maximum absolute atomic E-state index is 6.12. The first-order chi connectivity index (χ1) is 16.5. The zero-order chi connectivity index (χ0) is 23.8. The van der Waals surface area contributed by atoms with Gasteiger partial charge in [0.25, 0.3) is 0 Å². The minimum absolute atomic E-state index is 0.0823. The van der Waals surface area contributed by atoms with Gasteiger partial charge in [-0.1, -0.05) is 66.5 Å². The van der Waals surface area contributed by atoms with Gasteiger partial charge in [-0.25, -0.2) is 9.97 Å². The zero-order valence-corrected chi connectivity index (χ0v) is 20.6. The Morgan fingerprint density at radius 1 is 0.824 bits per heavy atom. The van der Waals surface area contributed by atoms with Gasteiger partial charge in [0, 0.05) is 28.6 Å². The summed E-state index contributed by atoms with van der Waals surface area (Å²) in [7, 11) is 0. The van der Waals surface area contributed by atoms with Crippen molar-refractivity contribution in [3.05, 3.63) is 102 Å². The number of ether oxygens (including phenoxy) is 1. The monoisotopic (exact) mass is 470 g/mol. The fourth-order valence-corrected chi connectivity index (χ4v) is 4.19. The maximum Gasteiger partial charge on any atom is 0.134 e. The number of rotatable bonds is 9. The summed E-state index contributed by atoms with van der Waals surface area (Å²) in [6.07, 6.45) is 1.58. The molecule has 4 aromatic rings. The molecule has 0 unspecified atom stereocenters. The third-order valence-corrected chi connectivity index (χ3v) is 6.12. The Kier molecular flexibility index (Phi) is 7.83. The van der Waals surface area contributed by atoms with Crippen LogP contribution in [0.15, 0.2) is 91.3 Å². The molecule has 1 aromatic heterocycles. The van der Waals surface area contributed by atoms with E-state index in [-0.39, 0.29) is 5.54 Å². The van der Waals surface area contributed by atoms with E-state index in [0.29, 0.717) is 6.61 Å². The van der Waals surface area contributed by atoms with Crippen molar-refractivity contribution in [2.75, 3.05) is 5.32 Å². The van der Waals surface area contributed by atoms with Crippen LogP contribution in [0.1, 0.15) is 31.9 Å². The molecule has 0 saturated carbocycles. The highest BCUT2D eigenvalue weighted by Crippen LogP contribution is 2.30. The molecule has 0 bridgehead atoms. The number of hydrogen-bond acceptors (Lipinski definition) is 6. The van der Waals surface area contributed by atoms with E-state index in [9.17, 15) is 0 Å². The van der Waals surface area contributed by atoms with Crippen molar-refractivity contribution >= 4 is 23.5 Å². The van der Waals surface area contributed by atoms with E-state index in [0.717, 1.165) is 39.8 Å². The second-order valence-electron chi connectivity index (χ2n) is 9.03. The number of anilines is 2. The summed E-state index contributed by atoms with van der Waals surface area (Å²) in [6.45, 7) is 6.99. The third-order valence-electron chi connectivity index (χ3n) is 4.88. The van der Waals surface area contributed by atoms with Crippen LogP contribution in [-0.2, 0) is 12.4 Å². The van der Waals surface area contributed by atoms with Gasteiger partial charge in [0.05, 0.1) is 5.69 Å². The second-order valence-corrected chi connectivity index (χ2v) is 9.81. The molecule has 174 valence electrons. The first kappa shape index (κ1) is 23.8. The maximum atomic E-state index is 6.12. The van der Waals surface area contributed by atoms with E-state index < -0.39 is 0 Å². The molecule has 0 radical (unpaired) electrons. The number of aromatic nitrogens is 2. The Bertz CT molecular complexity index is 1210. The van der Waals surface area contributed by atoms with Crippen molar-refractivity contribution in [2.45, 2.75) is 38.7 Å². The van der Waals surface area contributed by atoms with E-state index in [4.69, 9.17) is 4.74 Å². The van der Waals surface area contributed by atoms with Crippen LogP contribution in [0.5, 0.6) is 5.75 Å². The minimum Gasteiger partial charge on any atom is -0.488 e. The van der Waals surface area contributed by atoms with Gasteiger partial charge in [0.1, 0.15) is 24.5 Å². The van der Waals surface area contributed by atoms with E-state index in [1.807, 2.05) is 54.6 Å². The first-order valence-electron chi connectivity index (χ1n) is 11.3. The molecule has 4 rings (SSSR count). The SMILES string of the molecule is CC(C)(C)NSCc1cccc(Nc2cc(-c3ccccc3OCc3ccccc3)ncn2)c1. The number of nitrogens with one attached hydrogen (secondary N) is 2. The highest BCUT2D eigenvalue weighted by atomic mass is 32.2. The molecule has 0 spiro atoms. The molecule has 0 aliphatic rings. The molecule has 3 aromatic carbocycles. The van der Waals surface area contributed by atoms with Gasteiger partial charge in [0.15, 0.2) is 0 Å². The van der Waals surface area contributed by atoms with Gasteiger partial charge in [-0.3, -0.25) is 4.72 Å². The topological polar surface area (TPSA) is 59.1 Å². The van der Waals surface area contributed by atoms with Gasteiger partial charge in [-0.05, 0) is 56.2 Å². The van der Waals surface area contributed by atoms with E-state index >= 15 is 0 Å². The highest BCUT2D eigenvalue weighted by molar-refractivity contribution is 7.96. The molecule has 0 aliphatic heterocycles. The molecule has 0 atom stereocenters. The fourth-order valence-electron chi connectivity index (χ4n) is 3.34. The van der Waals surface area contributed by atoms with Crippen molar-refractivity contribution in [1.29, 1.82) is 0 Å². The highest BCUT2D eigenvalue weighted by Gasteiger charge is 2.10. The fraction of sp³-hybridized carbons (Fsp3) is 0.214. The molecule has 2 N–H and O–H groups in total. The van der Waals surface area contributed by atoms with Crippen molar-refractivity contribution in [3.8, 4) is 17.0 Å². The molecular formula is C28H30N4OS. The Labute approximate surface area is 206 Å². The molecule has 34 heavy (non-hydrogen) atoms. The standard InChI is InChI=1S/C28H30N4OS/c1-28(2,3)32-34-19-22-12-9-13-23(16-22)31-27-17-25(29-20-30-27)24-14-7-8-15-26(24)33-18-21-10-5-4-6-11-21/h4-17,20,32H,18-19H2,1-3H3,(H,29,30,31). The Hall–Kier alpha value is -3.35. The minimum atomic E-state index is 0.0823. The lowest BCUT2D eigenvalue weighted by Gasteiger charge is -2.19. The Morgan fingerprint density at radius 2 is 1.59 bits per heavy atom. The van der Waals surface area contributed by atoms with Gasteiger partial charge in [-0.2, -0.15) is 0 Å². The summed E-state index contributed by atoms with van der Waals surface area (Å²) >= 11 is 1.72. The van der Waals surface area contributed by atoms with Gasteiger partial charge >= 0.3 is 0 Å². The Balaban J connectivity index is 1.46. The summed E-state index contributed by atoms with van der Waals surface area (Å²) in [5.41, 5.74) is 5.18. The van der Waals surface area contributed by atoms with Gasteiger partial charge in [-0.15, -0.1) is 0 Å². The molecule has 6 heteroatoms. The number of para-hydroxylation sites is 1. The lowest BCUT2D eigenvalue weighted by atomic mass is 10.1. The summed E-state index contributed by atoms with van der Waals surface area (Å²) in [5, 5.41) is 3.42. The zero-order valence-electron chi connectivity index (χ0n) is 19.8. The van der Waals surface area contributed by atoms with E-state index in [1.165, 1.54) is 5.56 Å². The van der Waals surface area contributed by atoms with Crippen LogP contribution >= 0.6 is 11.9 Å². The first-order valence-corrected chi connectivity index (χ1v) is 12.3. The number of hydrogen-bond donors (Lipinski definition) is 2. The van der Waals surface area contributed by atoms with Crippen LogP contribution in [0.4, 0.5) is 11.5 Å². The predicted octanol–water partition coefficient (Wildman–Crippen LogP) is 7.00. The quantitative estimate of drug-likeness (QED) is 0.257. The average molecular weight is 471 g/mol. The normalized spacial score (nSPS) is 11.3. The van der Waals surface area contributed by atoms with E-state index in [2.05, 4.69) is 71.1 Å². The molecular weight excluding hydrogens is 440 g/mol. The molecule has 0 aliphatic carbocycles. The largest absolute Gasteiger partial charge is 0.488 e. The summed E-state index contributed by atoms with van der Waals surface area (Å²) in [6, 6.07) is 28.4. The van der Waals surface area contributed by atoms with Crippen LogP contribution in [0, 0.1) is 0 Å². The van der Waals surface area contributed by atoms with Crippen molar-refractivity contribution in [1.82, 2.24) is 14.7 Å². The molecule has 5 nitrogen and oxygen atoms in total.